The zero-order chi connectivity index (χ0) is 9.30. The molecule has 72 valence electrons. The molecule has 0 amide bonds. The van der Waals surface area contributed by atoms with Crippen molar-refractivity contribution < 1.29 is 25.2 Å². The van der Waals surface area contributed by atoms with Crippen molar-refractivity contribution in [3.8, 4) is 0 Å². The topological polar surface area (TPSA) is 90.2 Å². The summed E-state index contributed by atoms with van der Waals surface area (Å²) in [6.45, 7) is 1.75. The van der Waals surface area contributed by atoms with Crippen LogP contribution in [0.3, 0.4) is 0 Å². The molecule has 1 saturated heterocycles. The molecule has 3 unspecified atom stereocenters. The summed E-state index contributed by atoms with van der Waals surface area (Å²) in [6, 6.07) is 0. The van der Waals surface area contributed by atoms with Gasteiger partial charge in [0.2, 0.25) is 0 Å². The molecule has 4 N–H and O–H groups in total. The number of aliphatic hydroxyl groups is 4. The van der Waals surface area contributed by atoms with Gasteiger partial charge in [-0.3, -0.25) is 0 Å². The summed E-state index contributed by atoms with van der Waals surface area (Å²) in [5.74, 6) is 0. The Morgan fingerprint density at radius 3 is 2.08 bits per heavy atom. The number of hydrogen-bond acceptors (Lipinski definition) is 5. The zero-order valence-corrected chi connectivity index (χ0v) is 6.79. The Bertz CT molecular complexity index is 146. The second kappa shape index (κ2) is 3.68. The average Bonchev–Trinajstić information content (AvgIpc) is 2.08. The Morgan fingerprint density at radius 2 is 1.58 bits per heavy atom. The summed E-state index contributed by atoms with van der Waals surface area (Å²) in [6.07, 6.45) is -5.44. The maximum absolute atomic E-state index is 9.28. The second-order valence-corrected chi connectivity index (χ2v) is 2.95. The largest absolute Gasteiger partial charge is 0.388 e. The standard InChI is InChI=1S/C7H14O5/c1-2-3-4(8)5(9)6(10)7(11)12-3/h3-11H,2H2,1H3/t3?,4?,5-,6-,7?/m0/s1. The fourth-order valence-corrected chi connectivity index (χ4v) is 1.27. The lowest BCUT2D eigenvalue weighted by atomic mass is 9.97. The van der Waals surface area contributed by atoms with Gasteiger partial charge < -0.3 is 25.2 Å². The van der Waals surface area contributed by atoms with Crippen LogP contribution in [0.4, 0.5) is 0 Å². The van der Waals surface area contributed by atoms with Crippen molar-refractivity contribution in [3.05, 3.63) is 0 Å². The molecule has 1 heterocycles. The molecule has 1 aliphatic rings. The van der Waals surface area contributed by atoms with E-state index in [0.29, 0.717) is 6.42 Å². The van der Waals surface area contributed by atoms with Gasteiger partial charge in [0, 0.05) is 0 Å². The molecular weight excluding hydrogens is 164 g/mol. The maximum Gasteiger partial charge on any atom is 0.183 e. The van der Waals surface area contributed by atoms with Crippen molar-refractivity contribution in [3.63, 3.8) is 0 Å². The summed E-state index contributed by atoms with van der Waals surface area (Å²) < 4.78 is 4.83. The van der Waals surface area contributed by atoms with Gasteiger partial charge in [-0.25, -0.2) is 0 Å². The number of rotatable bonds is 1. The van der Waals surface area contributed by atoms with E-state index in [2.05, 4.69) is 0 Å². The molecule has 0 aromatic carbocycles. The molecule has 5 heteroatoms. The van der Waals surface area contributed by atoms with E-state index in [9.17, 15) is 10.2 Å². The van der Waals surface area contributed by atoms with E-state index in [4.69, 9.17) is 14.9 Å². The first kappa shape index (κ1) is 9.88. The molecular formula is C7H14O5. The molecule has 5 atom stereocenters. The summed E-state index contributed by atoms with van der Waals surface area (Å²) in [7, 11) is 0. The molecule has 0 bridgehead atoms. The van der Waals surface area contributed by atoms with Crippen molar-refractivity contribution in [2.45, 2.75) is 44.1 Å². The second-order valence-electron chi connectivity index (χ2n) is 2.95. The summed E-state index contributed by atoms with van der Waals surface area (Å²) >= 11 is 0. The molecule has 5 nitrogen and oxygen atoms in total. The SMILES string of the molecule is CCC1OC(O)[C@@H](O)[C@@H](O)C1O. The van der Waals surface area contributed by atoms with Crippen LogP contribution >= 0.6 is 0 Å². The molecule has 0 aromatic rings. The highest BCUT2D eigenvalue weighted by molar-refractivity contribution is 4.87. The van der Waals surface area contributed by atoms with Gasteiger partial charge in [0.05, 0.1) is 6.10 Å². The van der Waals surface area contributed by atoms with Crippen molar-refractivity contribution >= 4 is 0 Å². The third-order valence-electron chi connectivity index (χ3n) is 2.09. The first-order chi connectivity index (χ1) is 5.57. The minimum absolute atomic E-state index is 0.474. The van der Waals surface area contributed by atoms with E-state index < -0.39 is 30.7 Å². The lowest BCUT2D eigenvalue weighted by Gasteiger charge is -2.37. The molecule has 0 aromatic heterocycles. The van der Waals surface area contributed by atoms with Crippen LogP contribution in [0.5, 0.6) is 0 Å². The highest BCUT2D eigenvalue weighted by atomic mass is 16.6. The fraction of sp³-hybridized carbons (Fsp3) is 1.00. The van der Waals surface area contributed by atoms with E-state index in [0.717, 1.165) is 0 Å². The number of aliphatic hydroxyl groups excluding tert-OH is 4. The molecule has 0 spiro atoms. The van der Waals surface area contributed by atoms with E-state index in [1.165, 1.54) is 0 Å². The first-order valence-corrected chi connectivity index (χ1v) is 3.95. The van der Waals surface area contributed by atoms with Crippen LogP contribution in [0.15, 0.2) is 0 Å². The van der Waals surface area contributed by atoms with Gasteiger partial charge in [0.15, 0.2) is 6.29 Å². The Morgan fingerprint density at radius 1 is 1.00 bits per heavy atom. The monoisotopic (exact) mass is 178 g/mol. The van der Waals surface area contributed by atoms with Crippen molar-refractivity contribution in [1.82, 2.24) is 0 Å². The van der Waals surface area contributed by atoms with Gasteiger partial charge in [-0.2, -0.15) is 0 Å². The van der Waals surface area contributed by atoms with Gasteiger partial charge >= 0.3 is 0 Å². The fourth-order valence-electron chi connectivity index (χ4n) is 1.27. The predicted molar refractivity (Wildman–Crippen MR) is 39.2 cm³/mol. The quantitative estimate of drug-likeness (QED) is 0.380. The van der Waals surface area contributed by atoms with Crippen LogP contribution in [0.1, 0.15) is 13.3 Å². The van der Waals surface area contributed by atoms with E-state index in [-0.39, 0.29) is 0 Å². The number of ether oxygens (including phenoxy) is 1. The maximum atomic E-state index is 9.28. The molecule has 1 fully saturated rings. The van der Waals surface area contributed by atoms with Gasteiger partial charge in [-0.1, -0.05) is 6.92 Å². The van der Waals surface area contributed by atoms with Crippen LogP contribution < -0.4 is 0 Å². The van der Waals surface area contributed by atoms with E-state index >= 15 is 0 Å². The molecule has 12 heavy (non-hydrogen) atoms. The van der Waals surface area contributed by atoms with Crippen molar-refractivity contribution in [1.29, 1.82) is 0 Å². The Kier molecular flexibility index (Phi) is 3.03. The number of hydrogen-bond donors (Lipinski definition) is 4. The van der Waals surface area contributed by atoms with Crippen LogP contribution in [0.2, 0.25) is 0 Å². The molecule has 1 aliphatic heterocycles. The van der Waals surface area contributed by atoms with E-state index in [1.807, 2.05) is 0 Å². The molecule has 0 aliphatic carbocycles. The Labute approximate surface area is 70.2 Å². The molecule has 0 radical (unpaired) electrons. The van der Waals surface area contributed by atoms with Crippen LogP contribution in [0.25, 0.3) is 0 Å². The predicted octanol–water partition coefficient (Wildman–Crippen LogP) is -1.80. The van der Waals surface area contributed by atoms with Crippen molar-refractivity contribution in [2.24, 2.45) is 0 Å². The van der Waals surface area contributed by atoms with Crippen molar-refractivity contribution in [2.75, 3.05) is 0 Å². The van der Waals surface area contributed by atoms with Gasteiger partial charge in [0.25, 0.3) is 0 Å². The third kappa shape index (κ3) is 1.60. The summed E-state index contributed by atoms with van der Waals surface area (Å²) in [5, 5.41) is 36.5. The summed E-state index contributed by atoms with van der Waals surface area (Å²) in [4.78, 5) is 0. The first-order valence-electron chi connectivity index (χ1n) is 3.95. The smallest absolute Gasteiger partial charge is 0.183 e. The zero-order valence-electron chi connectivity index (χ0n) is 6.79. The Balaban J connectivity index is 2.63. The lowest BCUT2D eigenvalue weighted by Crippen LogP contribution is -2.57. The average molecular weight is 178 g/mol. The molecule has 0 saturated carbocycles. The van der Waals surface area contributed by atoms with Crippen LogP contribution in [-0.2, 0) is 4.74 Å². The third-order valence-corrected chi connectivity index (χ3v) is 2.09. The molecule has 1 rings (SSSR count). The highest BCUT2D eigenvalue weighted by Gasteiger charge is 2.41. The Hall–Kier alpha value is -0.200. The van der Waals surface area contributed by atoms with Crippen LogP contribution in [-0.4, -0.2) is 51.1 Å². The minimum atomic E-state index is -1.43. The highest BCUT2D eigenvalue weighted by Crippen LogP contribution is 2.21. The van der Waals surface area contributed by atoms with Crippen LogP contribution in [0, 0.1) is 0 Å². The van der Waals surface area contributed by atoms with Gasteiger partial charge in [-0.05, 0) is 6.42 Å². The van der Waals surface area contributed by atoms with E-state index in [1.54, 1.807) is 6.92 Å². The normalized spacial score (nSPS) is 49.2. The van der Waals surface area contributed by atoms with Gasteiger partial charge in [-0.15, -0.1) is 0 Å². The minimum Gasteiger partial charge on any atom is -0.388 e. The summed E-state index contributed by atoms with van der Waals surface area (Å²) in [5.41, 5.74) is 0. The van der Waals surface area contributed by atoms with Gasteiger partial charge in [0.1, 0.15) is 18.3 Å². The lowest BCUT2D eigenvalue weighted by molar-refractivity contribution is -0.281.